The summed E-state index contributed by atoms with van der Waals surface area (Å²) in [5, 5.41) is 0. The van der Waals surface area contributed by atoms with Crippen molar-refractivity contribution >= 4 is 15.9 Å². The number of hydrogen-bond acceptors (Lipinski definition) is 3. The van der Waals surface area contributed by atoms with Gasteiger partial charge in [-0.25, -0.2) is 4.98 Å². The Kier molecular flexibility index (Phi) is 4.20. The Hall–Kier alpha value is -0.770. The number of aromatic nitrogens is 1. The summed E-state index contributed by atoms with van der Waals surface area (Å²) >= 11 is 3.37. The molecule has 0 amide bonds. The van der Waals surface area contributed by atoms with Crippen molar-refractivity contribution in [3.8, 4) is 11.6 Å². The summed E-state index contributed by atoms with van der Waals surface area (Å²) in [6.07, 6.45) is 1.68. The Morgan fingerprint density at radius 2 is 2.21 bits per heavy atom. The van der Waals surface area contributed by atoms with Crippen molar-refractivity contribution in [2.45, 2.75) is 13.8 Å². The van der Waals surface area contributed by atoms with Gasteiger partial charge in [-0.1, -0.05) is 13.8 Å². The van der Waals surface area contributed by atoms with Gasteiger partial charge in [0, 0.05) is 6.20 Å². The number of rotatable bonds is 4. The van der Waals surface area contributed by atoms with Crippen LogP contribution in [0.25, 0.3) is 0 Å². The van der Waals surface area contributed by atoms with Crippen molar-refractivity contribution in [3.63, 3.8) is 0 Å². The van der Waals surface area contributed by atoms with Crippen molar-refractivity contribution in [3.05, 3.63) is 16.7 Å². The molecule has 0 aliphatic heterocycles. The molecule has 1 aromatic rings. The maximum atomic E-state index is 5.50. The summed E-state index contributed by atoms with van der Waals surface area (Å²) in [5.41, 5.74) is 0. The molecule has 0 saturated heterocycles. The van der Waals surface area contributed by atoms with Crippen LogP contribution in [0.1, 0.15) is 13.8 Å². The summed E-state index contributed by atoms with van der Waals surface area (Å²) in [5.74, 6) is 1.66. The predicted octanol–water partition coefficient (Wildman–Crippen LogP) is 2.89. The van der Waals surface area contributed by atoms with E-state index in [-0.39, 0.29) is 0 Å². The molecule has 1 aromatic heterocycles. The van der Waals surface area contributed by atoms with Gasteiger partial charge >= 0.3 is 0 Å². The maximum Gasteiger partial charge on any atom is 0.258 e. The second-order valence-electron chi connectivity index (χ2n) is 3.34. The zero-order valence-corrected chi connectivity index (χ0v) is 10.2. The van der Waals surface area contributed by atoms with Crippen LogP contribution in [0.3, 0.4) is 0 Å². The van der Waals surface area contributed by atoms with Crippen LogP contribution in [-0.4, -0.2) is 18.7 Å². The molecule has 1 heterocycles. The average molecular weight is 260 g/mol. The van der Waals surface area contributed by atoms with Gasteiger partial charge in [0.25, 0.3) is 5.88 Å². The van der Waals surface area contributed by atoms with Crippen LogP contribution in [0.2, 0.25) is 0 Å². The second-order valence-corrected chi connectivity index (χ2v) is 4.19. The molecule has 14 heavy (non-hydrogen) atoms. The molecular weight excluding hydrogens is 246 g/mol. The number of halogens is 1. The van der Waals surface area contributed by atoms with Gasteiger partial charge in [-0.05, 0) is 27.9 Å². The fourth-order valence-electron chi connectivity index (χ4n) is 0.940. The van der Waals surface area contributed by atoms with E-state index in [4.69, 9.17) is 9.47 Å². The molecular formula is C10H14BrNO2. The fourth-order valence-corrected chi connectivity index (χ4v) is 1.39. The topological polar surface area (TPSA) is 31.4 Å². The first-order valence-electron chi connectivity index (χ1n) is 4.46. The van der Waals surface area contributed by atoms with Gasteiger partial charge < -0.3 is 9.47 Å². The number of nitrogens with zero attached hydrogens (tertiary/aromatic N) is 1. The van der Waals surface area contributed by atoms with Crippen molar-refractivity contribution in [1.82, 2.24) is 4.98 Å². The van der Waals surface area contributed by atoms with E-state index in [0.717, 1.165) is 4.47 Å². The minimum Gasteiger partial charge on any atom is -0.490 e. The Balaban J connectivity index is 2.80. The Labute approximate surface area is 92.6 Å². The lowest BCUT2D eigenvalue weighted by Gasteiger charge is -2.11. The minimum atomic E-state index is 0.473. The van der Waals surface area contributed by atoms with Gasteiger partial charge in [-0.15, -0.1) is 0 Å². The summed E-state index contributed by atoms with van der Waals surface area (Å²) in [4.78, 5) is 4.11. The van der Waals surface area contributed by atoms with E-state index in [2.05, 4.69) is 34.8 Å². The van der Waals surface area contributed by atoms with E-state index in [1.165, 1.54) is 0 Å². The summed E-state index contributed by atoms with van der Waals surface area (Å²) in [6, 6.07) is 1.82. The quantitative estimate of drug-likeness (QED) is 0.834. The lowest BCUT2D eigenvalue weighted by Crippen LogP contribution is -2.06. The van der Waals surface area contributed by atoms with E-state index >= 15 is 0 Å². The van der Waals surface area contributed by atoms with Gasteiger partial charge in [-0.3, -0.25) is 0 Å². The predicted molar refractivity (Wildman–Crippen MR) is 58.8 cm³/mol. The lowest BCUT2D eigenvalue weighted by molar-refractivity contribution is 0.246. The second kappa shape index (κ2) is 5.20. The van der Waals surface area contributed by atoms with Crippen molar-refractivity contribution < 1.29 is 9.47 Å². The SMILES string of the molecule is COc1c(Br)ccnc1OCC(C)C. The van der Waals surface area contributed by atoms with Crippen LogP contribution < -0.4 is 9.47 Å². The zero-order chi connectivity index (χ0) is 10.6. The number of pyridine rings is 1. The molecule has 0 aliphatic carbocycles. The van der Waals surface area contributed by atoms with Gasteiger partial charge in [0.15, 0.2) is 5.75 Å². The molecule has 0 aliphatic rings. The maximum absolute atomic E-state index is 5.50. The van der Waals surface area contributed by atoms with Gasteiger partial charge in [-0.2, -0.15) is 0 Å². The first-order chi connectivity index (χ1) is 6.65. The molecule has 0 unspecified atom stereocenters. The van der Waals surface area contributed by atoms with Crippen molar-refractivity contribution in [1.29, 1.82) is 0 Å². The molecule has 3 nitrogen and oxygen atoms in total. The average Bonchev–Trinajstić information content (AvgIpc) is 2.14. The molecule has 4 heteroatoms. The molecule has 0 aromatic carbocycles. The van der Waals surface area contributed by atoms with Crippen LogP contribution in [-0.2, 0) is 0 Å². The van der Waals surface area contributed by atoms with E-state index in [9.17, 15) is 0 Å². The minimum absolute atomic E-state index is 0.473. The third-order valence-electron chi connectivity index (χ3n) is 1.58. The molecule has 0 atom stereocenters. The van der Waals surface area contributed by atoms with Crippen LogP contribution in [0.15, 0.2) is 16.7 Å². The van der Waals surface area contributed by atoms with E-state index in [1.54, 1.807) is 13.3 Å². The first kappa shape index (κ1) is 11.3. The summed E-state index contributed by atoms with van der Waals surface area (Å²) in [6.45, 7) is 4.81. The van der Waals surface area contributed by atoms with Crippen LogP contribution in [0.5, 0.6) is 11.6 Å². The highest BCUT2D eigenvalue weighted by atomic mass is 79.9. The van der Waals surface area contributed by atoms with Crippen LogP contribution >= 0.6 is 15.9 Å². The highest BCUT2D eigenvalue weighted by Crippen LogP contribution is 2.32. The molecule has 1 rings (SSSR count). The van der Waals surface area contributed by atoms with Gasteiger partial charge in [0.05, 0.1) is 18.2 Å². The van der Waals surface area contributed by atoms with E-state index < -0.39 is 0 Å². The van der Waals surface area contributed by atoms with Crippen molar-refractivity contribution in [2.75, 3.05) is 13.7 Å². The normalized spacial score (nSPS) is 10.4. The van der Waals surface area contributed by atoms with Crippen LogP contribution in [0, 0.1) is 5.92 Å². The molecule has 0 fully saturated rings. The molecule has 0 bridgehead atoms. The summed E-state index contributed by atoms with van der Waals surface area (Å²) < 4.78 is 11.5. The number of methoxy groups -OCH3 is 1. The van der Waals surface area contributed by atoms with E-state index in [0.29, 0.717) is 24.2 Å². The molecule has 0 N–H and O–H groups in total. The molecule has 0 saturated carbocycles. The smallest absolute Gasteiger partial charge is 0.258 e. The summed E-state index contributed by atoms with van der Waals surface area (Å²) in [7, 11) is 1.60. The Morgan fingerprint density at radius 3 is 2.79 bits per heavy atom. The number of ether oxygens (including phenoxy) is 2. The Bertz CT molecular complexity index is 302. The standard InChI is InChI=1S/C10H14BrNO2/c1-7(2)6-14-10-9(13-3)8(11)4-5-12-10/h4-5,7H,6H2,1-3H3. The first-order valence-corrected chi connectivity index (χ1v) is 5.25. The van der Waals surface area contributed by atoms with E-state index in [1.807, 2.05) is 6.07 Å². The molecule has 78 valence electrons. The van der Waals surface area contributed by atoms with Gasteiger partial charge in [0.1, 0.15) is 0 Å². The van der Waals surface area contributed by atoms with Crippen LogP contribution in [0.4, 0.5) is 0 Å². The molecule has 0 spiro atoms. The highest BCUT2D eigenvalue weighted by Gasteiger charge is 2.09. The third kappa shape index (κ3) is 2.87. The van der Waals surface area contributed by atoms with Gasteiger partial charge in [0.2, 0.25) is 0 Å². The lowest BCUT2D eigenvalue weighted by atomic mass is 10.2. The fraction of sp³-hybridized carbons (Fsp3) is 0.500. The highest BCUT2D eigenvalue weighted by molar-refractivity contribution is 9.10. The number of hydrogen-bond donors (Lipinski definition) is 0. The molecule has 0 radical (unpaired) electrons. The zero-order valence-electron chi connectivity index (χ0n) is 8.58. The Morgan fingerprint density at radius 1 is 1.50 bits per heavy atom. The largest absolute Gasteiger partial charge is 0.490 e. The third-order valence-corrected chi connectivity index (χ3v) is 2.21. The monoisotopic (exact) mass is 259 g/mol. The van der Waals surface area contributed by atoms with Crippen molar-refractivity contribution in [2.24, 2.45) is 5.92 Å².